The van der Waals surface area contributed by atoms with Gasteiger partial charge in [-0.25, -0.2) is 27.3 Å². The first-order chi connectivity index (χ1) is 15.2. The third-order valence-electron chi connectivity index (χ3n) is 4.58. The van der Waals surface area contributed by atoms with Gasteiger partial charge in [-0.05, 0) is 46.9 Å². The number of hydrogen-bond acceptors (Lipinski definition) is 6. The molecular formula is C22H23FN4O4S. The number of carbonyl (C=O) groups is 1. The molecule has 2 heterocycles. The van der Waals surface area contributed by atoms with E-state index in [4.69, 9.17) is 4.74 Å². The van der Waals surface area contributed by atoms with E-state index in [1.54, 1.807) is 24.3 Å². The highest BCUT2D eigenvalue weighted by molar-refractivity contribution is 7.89. The molecule has 0 aliphatic carbocycles. The van der Waals surface area contributed by atoms with Crippen LogP contribution in [0.2, 0.25) is 0 Å². The normalized spacial score (nSPS) is 11.3. The molecule has 0 saturated carbocycles. The lowest BCUT2D eigenvalue weighted by atomic mass is 9.94. The fourth-order valence-electron chi connectivity index (χ4n) is 3.16. The third-order valence-corrected chi connectivity index (χ3v) is 5.79. The van der Waals surface area contributed by atoms with Gasteiger partial charge in [-0.2, -0.15) is 0 Å². The summed E-state index contributed by atoms with van der Waals surface area (Å²) in [4.78, 5) is 20.5. The second-order valence-corrected chi connectivity index (χ2v) is 9.06. The molecule has 32 heavy (non-hydrogen) atoms. The maximum atomic E-state index is 14.4. The molecule has 0 aliphatic rings. The van der Waals surface area contributed by atoms with E-state index in [0.717, 1.165) is 0 Å². The van der Waals surface area contributed by atoms with Gasteiger partial charge in [-0.1, -0.05) is 19.9 Å². The van der Waals surface area contributed by atoms with Crippen molar-refractivity contribution in [1.82, 2.24) is 14.7 Å². The Hall–Kier alpha value is -3.53. The third kappa shape index (κ3) is 5.79. The van der Waals surface area contributed by atoms with Crippen LogP contribution in [-0.2, 0) is 15.8 Å². The largest absolute Gasteiger partial charge is 0.481 e. The summed E-state index contributed by atoms with van der Waals surface area (Å²) in [6.45, 7) is 3.68. The van der Waals surface area contributed by atoms with Crippen molar-refractivity contribution in [3.63, 3.8) is 0 Å². The summed E-state index contributed by atoms with van der Waals surface area (Å²) in [6, 6.07) is 8.06. The molecule has 0 unspecified atom stereocenters. The van der Waals surface area contributed by atoms with Crippen LogP contribution in [0.4, 0.5) is 14.9 Å². The molecule has 2 amide bonds. The molecule has 168 valence electrons. The smallest absolute Gasteiger partial charge is 0.332 e. The number of rotatable bonds is 7. The number of hydrogen-bond donors (Lipinski definition) is 2. The molecule has 0 bridgehead atoms. The molecule has 3 aromatic rings. The first-order valence-electron chi connectivity index (χ1n) is 9.72. The maximum Gasteiger partial charge on any atom is 0.332 e. The van der Waals surface area contributed by atoms with Gasteiger partial charge in [0.25, 0.3) is 0 Å². The lowest BCUT2D eigenvalue weighted by Crippen LogP contribution is -2.35. The fraction of sp³-hybridized carbons (Fsp3) is 0.227. The first-order valence-corrected chi connectivity index (χ1v) is 11.4. The zero-order valence-electron chi connectivity index (χ0n) is 17.8. The van der Waals surface area contributed by atoms with Gasteiger partial charge in [-0.15, -0.1) is 0 Å². The Bertz CT molecular complexity index is 1220. The van der Waals surface area contributed by atoms with Gasteiger partial charge in [-0.3, -0.25) is 4.98 Å². The molecule has 0 saturated heterocycles. The molecule has 2 aromatic heterocycles. The van der Waals surface area contributed by atoms with Crippen LogP contribution in [0, 0.1) is 5.82 Å². The van der Waals surface area contributed by atoms with Crippen LogP contribution >= 0.6 is 0 Å². The van der Waals surface area contributed by atoms with Gasteiger partial charge in [0, 0.05) is 30.2 Å². The van der Waals surface area contributed by atoms with E-state index in [-0.39, 0.29) is 5.92 Å². The molecular weight excluding hydrogens is 435 g/mol. The van der Waals surface area contributed by atoms with Crippen LogP contribution < -0.4 is 14.8 Å². The molecule has 0 aliphatic heterocycles. The Balaban J connectivity index is 1.94. The van der Waals surface area contributed by atoms with Crippen LogP contribution in [0.1, 0.15) is 30.9 Å². The Morgan fingerprint density at radius 2 is 1.97 bits per heavy atom. The topological polar surface area (TPSA) is 110 Å². The summed E-state index contributed by atoms with van der Waals surface area (Å²) >= 11 is 0. The number of aromatic nitrogens is 2. The average molecular weight is 459 g/mol. The van der Waals surface area contributed by atoms with E-state index in [1.165, 1.54) is 37.8 Å². The Kier molecular flexibility index (Phi) is 7.04. The molecule has 3 rings (SSSR count). The summed E-state index contributed by atoms with van der Waals surface area (Å²) in [5.41, 5.74) is 2.15. The van der Waals surface area contributed by atoms with E-state index in [2.05, 4.69) is 15.3 Å². The van der Waals surface area contributed by atoms with Gasteiger partial charge < -0.3 is 10.1 Å². The second kappa shape index (κ2) is 9.73. The van der Waals surface area contributed by atoms with Crippen LogP contribution in [-0.4, -0.2) is 31.5 Å². The van der Waals surface area contributed by atoms with E-state index < -0.39 is 27.6 Å². The van der Waals surface area contributed by atoms with Crippen LogP contribution in [0.3, 0.4) is 0 Å². The van der Waals surface area contributed by atoms with Crippen molar-refractivity contribution in [2.45, 2.75) is 25.5 Å². The molecule has 10 heteroatoms. The van der Waals surface area contributed by atoms with Crippen molar-refractivity contribution >= 4 is 21.7 Å². The highest BCUT2D eigenvalue weighted by Crippen LogP contribution is 2.36. The number of pyridine rings is 2. The van der Waals surface area contributed by atoms with Crippen molar-refractivity contribution in [3.8, 4) is 17.0 Å². The van der Waals surface area contributed by atoms with Gasteiger partial charge in [0.2, 0.25) is 15.9 Å². The SMILES string of the molecule is COc1cc(-c2cc(F)cc(C(C)C)c2NC(=O)NS(=O)(=O)Cc2cccnc2)ccn1. The number of benzene rings is 1. The molecule has 0 spiro atoms. The van der Waals surface area contributed by atoms with Crippen molar-refractivity contribution in [2.75, 3.05) is 12.4 Å². The summed E-state index contributed by atoms with van der Waals surface area (Å²) < 4.78 is 46.4. The number of ether oxygens (including phenoxy) is 1. The minimum absolute atomic E-state index is 0.157. The molecule has 8 nitrogen and oxygen atoms in total. The zero-order valence-corrected chi connectivity index (χ0v) is 18.6. The minimum atomic E-state index is -3.99. The number of amides is 2. The summed E-state index contributed by atoms with van der Waals surface area (Å²) in [6.07, 6.45) is 4.42. The zero-order chi connectivity index (χ0) is 23.3. The minimum Gasteiger partial charge on any atom is -0.481 e. The van der Waals surface area contributed by atoms with Crippen molar-refractivity contribution < 1.29 is 22.3 Å². The van der Waals surface area contributed by atoms with E-state index in [9.17, 15) is 17.6 Å². The van der Waals surface area contributed by atoms with Gasteiger partial charge in [0.05, 0.1) is 18.6 Å². The second-order valence-electron chi connectivity index (χ2n) is 7.34. The van der Waals surface area contributed by atoms with Crippen molar-refractivity contribution in [3.05, 3.63) is 71.9 Å². The fourth-order valence-corrected chi connectivity index (χ4v) is 4.17. The standard InChI is InChI=1S/C22H23FN4O4S/c1-14(2)18-10-17(23)11-19(16-6-8-25-20(9-16)31-3)21(18)26-22(28)27-32(29,30)13-15-5-4-7-24-12-15/h4-12,14H,13H2,1-3H3,(H2,26,27,28). The molecule has 0 radical (unpaired) electrons. The van der Waals surface area contributed by atoms with E-state index in [0.29, 0.717) is 33.8 Å². The quantitative estimate of drug-likeness (QED) is 0.552. The predicted octanol–water partition coefficient (Wildman–Crippen LogP) is 4.07. The first kappa shape index (κ1) is 23.1. The van der Waals surface area contributed by atoms with Crippen LogP contribution in [0.15, 0.2) is 55.0 Å². The summed E-state index contributed by atoms with van der Waals surface area (Å²) in [5, 5.41) is 2.59. The summed E-state index contributed by atoms with van der Waals surface area (Å²) in [7, 11) is -2.53. The summed E-state index contributed by atoms with van der Waals surface area (Å²) in [5.74, 6) is -0.749. The van der Waals surface area contributed by atoms with Crippen LogP contribution in [0.5, 0.6) is 5.88 Å². The van der Waals surface area contributed by atoms with Gasteiger partial charge >= 0.3 is 6.03 Å². The van der Waals surface area contributed by atoms with Crippen molar-refractivity contribution in [2.24, 2.45) is 0 Å². The molecule has 1 aromatic carbocycles. The number of urea groups is 1. The van der Waals surface area contributed by atoms with Crippen LogP contribution in [0.25, 0.3) is 11.1 Å². The van der Waals surface area contributed by atoms with E-state index >= 15 is 0 Å². The number of nitrogens with one attached hydrogen (secondary N) is 2. The number of anilines is 1. The number of carbonyl (C=O) groups excluding carboxylic acids is 1. The number of halogens is 1. The molecule has 0 fully saturated rings. The predicted molar refractivity (Wildman–Crippen MR) is 119 cm³/mol. The maximum absolute atomic E-state index is 14.4. The highest BCUT2D eigenvalue weighted by atomic mass is 32.2. The molecule has 0 atom stereocenters. The van der Waals surface area contributed by atoms with Gasteiger partial charge in [0.15, 0.2) is 0 Å². The lowest BCUT2D eigenvalue weighted by Gasteiger charge is -2.19. The van der Waals surface area contributed by atoms with Gasteiger partial charge in [0.1, 0.15) is 5.82 Å². The Morgan fingerprint density at radius 3 is 2.62 bits per heavy atom. The Morgan fingerprint density at radius 1 is 1.19 bits per heavy atom. The molecule has 2 N–H and O–H groups in total. The monoisotopic (exact) mass is 458 g/mol. The highest BCUT2D eigenvalue weighted by Gasteiger charge is 2.21. The average Bonchev–Trinajstić information content (AvgIpc) is 2.74. The number of methoxy groups -OCH3 is 1. The lowest BCUT2D eigenvalue weighted by molar-refractivity contribution is 0.256. The number of sulfonamides is 1. The number of nitrogens with zero attached hydrogens (tertiary/aromatic N) is 2. The van der Waals surface area contributed by atoms with E-state index in [1.807, 2.05) is 18.6 Å². The van der Waals surface area contributed by atoms with Crippen molar-refractivity contribution in [1.29, 1.82) is 0 Å². The Labute approximate surface area is 185 Å².